The van der Waals surface area contributed by atoms with Gasteiger partial charge in [-0.05, 0) is 64.5 Å². The number of rotatable bonds is 5. The SMILES string of the molecule is CNC(c1cc(C)c(OC)cc1C)C(C)(C)NC. The highest BCUT2D eigenvalue weighted by atomic mass is 16.5. The van der Waals surface area contributed by atoms with E-state index in [-0.39, 0.29) is 11.6 Å². The van der Waals surface area contributed by atoms with E-state index in [4.69, 9.17) is 4.74 Å². The van der Waals surface area contributed by atoms with E-state index in [1.807, 2.05) is 14.1 Å². The lowest BCUT2D eigenvalue weighted by molar-refractivity contribution is 0.310. The fraction of sp³-hybridized carbons (Fsp3) is 0.600. The Balaban J connectivity index is 3.27. The van der Waals surface area contributed by atoms with E-state index in [1.165, 1.54) is 16.7 Å². The van der Waals surface area contributed by atoms with Crippen LogP contribution in [0.2, 0.25) is 0 Å². The minimum absolute atomic E-state index is 0.0134. The number of benzene rings is 1. The molecule has 0 saturated carbocycles. The molecule has 0 spiro atoms. The Morgan fingerprint density at radius 2 is 1.72 bits per heavy atom. The van der Waals surface area contributed by atoms with Crippen molar-refractivity contribution in [1.82, 2.24) is 10.6 Å². The van der Waals surface area contributed by atoms with Crippen molar-refractivity contribution in [3.05, 3.63) is 28.8 Å². The minimum Gasteiger partial charge on any atom is -0.496 e. The molecule has 0 amide bonds. The summed E-state index contributed by atoms with van der Waals surface area (Å²) in [5.74, 6) is 0.952. The highest BCUT2D eigenvalue weighted by molar-refractivity contribution is 5.43. The second-order valence-electron chi connectivity index (χ2n) is 5.37. The van der Waals surface area contributed by atoms with Gasteiger partial charge in [0.15, 0.2) is 0 Å². The van der Waals surface area contributed by atoms with E-state index in [0.29, 0.717) is 0 Å². The van der Waals surface area contributed by atoms with Crippen molar-refractivity contribution in [2.45, 2.75) is 39.3 Å². The highest BCUT2D eigenvalue weighted by Crippen LogP contribution is 2.31. The number of hydrogen-bond acceptors (Lipinski definition) is 3. The quantitative estimate of drug-likeness (QED) is 0.842. The van der Waals surface area contributed by atoms with Crippen LogP contribution in [0.25, 0.3) is 0 Å². The van der Waals surface area contributed by atoms with Crippen molar-refractivity contribution in [1.29, 1.82) is 0 Å². The molecule has 0 aliphatic carbocycles. The molecular weight excluding hydrogens is 224 g/mol. The van der Waals surface area contributed by atoms with Crippen LogP contribution in [0.1, 0.15) is 36.6 Å². The van der Waals surface area contributed by atoms with Gasteiger partial charge in [0.1, 0.15) is 5.75 Å². The van der Waals surface area contributed by atoms with Gasteiger partial charge < -0.3 is 15.4 Å². The number of nitrogens with one attached hydrogen (secondary N) is 2. The van der Waals surface area contributed by atoms with Crippen molar-refractivity contribution in [3.8, 4) is 5.75 Å². The molecule has 1 unspecified atom stereocenters. The average molecular weight is 250 g/mol. The fourth-order valence-corrected chi connectivity index (χ4v) is 2.39. The molecule has 0 radical (unpaired) electrons. The Morgan fingerprint density at radius 3 is 2.17 bits per heavy atom. The average Bonchev–Trinajstić information content (AvgIpc) is 2.33. The van der Waals surface area contributed by atoms with Gasteiger partial charge >= 0.3 is 0 Å². The van der Waals surface area contributed by atoms with E-state index < -0.39 is 0 Å². The van der Waals surface area contributed by atoms with Crippen molar-refractivity contribution in [3.63, 3.8) is 0 Å². The van der Waals surface area contributed by atoms with E-state index >= 15 is 0 Å². The zero-order valence-electron chi connectivity index (χ0n) is 12.6. The smallest absolute Gasteiger partial charge is 0.122 e. The van der Waals surface area contributed by atoms with Crippen LogP contribution in [0, 0.1) is 13.8 Å². The Hall–Kier alpha value is -1.06. The van der Waals surface area contributed by atoms with E-state index in [9.17, 15) is 0 Å². The molecule has 2 N–H and O–H groups in total. The van der Waals surface area contributed by atoms with Crippen LogP contribution < -0.4 is 15.4 Å². The molecule has 0 aliphatic rings. The molecule has 102 valence electrons. The summed E-state index contributed by atoms with van der Waals surface area (Å²) >= 11 is 0. The molecule has 1 atom stereocenters. The molecule has 3 nitrogen and oxygen atoms in total. The Bertz CT molecular complexity index is 413. The lowest BCUT2D eigenvalue weighted by atomic mass is 9.85. The third-order valence-electron chi connectivity index (χ3n) is 3.75. The molecule has 18 heavy (non-hydrogen) atoms. The van der Waals surface area contributed by atoms with Gasteiger partial charge in [0.25, 0.3) is 0 Å². The minimum atomic E-state index is -0.0134. The summed E-state index contributed by atoms with van der Waals surface area (Å²) in [4.78, 5) is 0. The molecule has 1 rings (SSSR count). The fourth-order valence-electron chi connectivity index (χ4n) is 2.39. The number of aryl methyl sites for hydroxylation is 2. The molecule has 3 heteroatoms. The Morgan fingerprint density at radius 1 is 1.11 bits per heavy atom. The first-order valence-electron chi connectivity index (χ1n) is 6.38. The number of hydrogen-bond donors (Lipinski definition) is 2. The van der Waals surface area contributed by atoms with Crippen LogP contribution in [0.4, 0.5) is 0 Å². The standard InChI is InChI=1S/C15H26N2O/c1-10-9-13(18-7)11(2)8-12(10)14(16-5)15(3,4)17-6/h8-9,14,16-17H,1-7H3. The van der Waals surface area contributed by atoms with E-state index in [1.54, 1.807) is 7.11 Å². The van der Waals surface area contributed by atoms with Gasteiger partial charge in [-0.15, -0.1) is 0 Å². The molecular formula is C15H26N2O. The summed E-state index contributed by atoms with van der Waals surface area (Å²) in [7, 11) is 5.72. The van der Waals surface area contributed by atoms with E-state index in [0.717, 1.165) is 5.75 Å². The summed E-state index contributed by atoms with van der Waals surface area (Å²) in [6.45, 7) is 8.62. The second-order valence-corrected chi connectivity index (χ2v) is 5.37. The molecule has 0 fully saturated rings. The van der Waals surface area contributed by atoms with Crippen molar-refractivity contribution in [2.24, 2.45) is 0 Å². The summed E-state index contributed by atoms with van der Waals surface area (Å²) < 4.78 is 5.37. The number of methoxy groups -OCH3 is 1. The summed E-state index contributed by atoms with van der Waals surface area (Å²) in [5, 5.41) is 6.78. The highest BCUT2D eigenvalue weighted by Gasteiger charge is 2.29. The van der Waals surface area contributed by atoms with Gasteiger partial charge in [0.2, 0.25) is 0 Å². The predicted octanol–water partition coefficient (Wildman–Crippen LogP) is 2.57. The molecule has 0 aliphatic heterocycles. The maximum Gasteiger partial charge on any atom is 0.122 e. The van der Waals surface area contributed by atoms with Crippen molar-refractivity contribution in [2.75, 3.05) is 21.2 Å². The molecule has 1 aromatic rings. The first-order valence-corrected chi connectivity index (χ1v) is 6.38. The lowest BCUT2D eigenvalue weighted by Crippen LogP contribution is -2.47. The maximum atomic E-state index is 5.37. The number of ether oxygens (including phenoxy) is 1. The molecule has 0 saturated heterocycles. The first kappa shape index (κ1) is 15.0. The number of likely N-dealkylation sites (N-methyl/N-ethyl adjacent to an activating group) is 2. The molecule has 0 aromatic heterocycles. The van der Waals surface area contributed by atoms with Crippen LogP contribution in [-0.2, 0) is 0 Å². The second kappa shape index (κ2) is 5.72. The molecule has 0 heterocycles. The zero-order chi connectivity index (χ0) is 13.9. The molecule has 1 aromatic carbocycles. The Kier molecular flexibility index (Phi) is 4.77. The van der Waals surface area contributed by atoms with Gasteiger partial charge in [0, 0.05) is 11.6 Å². The van der Waals surface area contributed by atoms with Crippen LogP contribution in [0.5, 0.6) is 5.75 Å². The lowest BCUT2D eigenvalue weighted by Gasteiger charge is -2.35. The maximum absolute atomic E-state index is 5.37. The van der Waals surface area contributed by atoms with Crippen LogP contribution in [-0.4, -0.2) is 26.7 Å². The first-order chi connectivity index (χ1) is 8.37. The zero-order valence-corrected chi connectivity index (χ0v) is 12.6. The third kappa shape index (κ3) is 2.85. The summed E-state index contributed by atoms with van der Waals surface area (Å²) in [5.41, 5.74) is 3.72. The van der Waals surface area contributed by atoms with Gasteiger partial charge in [0.05, 0.1) is 7.11 Å². The topological polar surface area (TPSA) is 33.3 Å². The summed E-state index contributed by atoms with van der Waals surface area (Å²) in [6, 6.07) is 4.59. The van der Waals surface area contributed by atoms with Crippen molar-refractivity contribution >= 4 is 0 Å². The van der Waals surface area contributed by atoms with Gasteiger partial charge in [-0.3, -0.25) is 0 Å². The predicted molar refractivity (Wildman–Crippen MR) is 77.4 cm³/mol. The van der Waals surface area contributed by atoms with Gasteiger partial charge in [-0.25, -0.2) is 0 Å². The van der Waals surface area contributed by atoms with Crippen LogP contribution in [0.3, 0.4) is 0 Å². The molecule has 0 bridgehead atoms. The van der Waals surface area contributed by atoms with E-state index in [2.05, 4.69) is 50.5 Å². The van der Waals surface area contributed by atoms with Gasteiger partial charge in [-0.1, -0.05) is 6.07 Å². The monoisotopic (exact) mass is 250 g/mol. The summed E-state index contributed by atoms with van der Waals surface area (Å²) in [6.07, 6.45) is 0. The van der Waals surface area contributed by atoms with Crippen LogP contribution >= 0.6 is 0 Å². The van der Waals surface area contributed by atoms with Crippen molar-refractivity contribution < 1.29 is 4.74 Å². The normalized spacial score (nSPS) is 13.5. The Labute approximate surface area is 111 Å². The third-order valence-corrected chi connectivity index (χ3v) is 3.75. The van der Waals surface area contributed by atoms with Crippen LogP contribution in [0.15, 0.2) is 12.1 Å². The largest absolute Gasteiger partial charge is 0.496 e. The van der Waals surface area contributed by atoms with Gasteiger partial charge in [-0.2, -0.15) is 0 Å².